The maximum Gasteiger partial charge on any atom is 0.183 e. The summed E-state index contributed by atoms with van der Waals surface area (Å²) < 4.78 is 5.61. The van der Waals surface area contributed by atoms with E-state index in [2.05, 4.69) is 27.0 Å². The van der Waals surface area contributed by atoms with Crippen molar-refractivity contribution in [2.24, 2.45) is 5.73 Å². The van der Waals surface area contributed by atoms with E-state index in [1.165, 1.54) is 6.33 Å². The van der Waals surface area contributed by atoms with Crippen molar-refractivity contribution in [3.05, 3.63) is 36.2 Å². The van der Waals surface area contributed by atoms with Crippen LogP contribution in [0, 0.1) is 11.8 Å². The first kappa shape index (κ1) is 13.5. The maximum atomic E-state index is 5.61. The quantitative estimate of drug-likeness (QED) is 0.488. The highest BCUT2D eigenvalue weighted by Crippen LogP contribution is 2.14. The monoisotopic (exact) mass is 274 g/mol. The Kier molecular flexibility index (Phi) is 5.29. The Bertz CT molecular complexity index is 542. The molecular formula is C13H14N4OS. The van der Waals surface area contributed by atoms with Gasteiger partial charge in [-0.15, -0.1) is 0 Å². The minimum atomic E-state index is 0.372. The lowest BCUT2D eigenvalue weighted by atomic mass is 10.2. The predicted molar refractivity (Wildman–Crippen MR) is 75.0 cm³/mol. The second kappa shape index (κ2) is 7.46. The fourth-order valence-corrected chi connectivity index (χ4v) is 1.95. The van der Waals surface area contributed by atoms with E-state index in [1.807, 2.05) is 24.3 Å². The van der Waals surface area contributed by atoms with E-state index in [-0.39, 0.29) is 0 Å². The molecule has 0 radical (unpaired) electrons. The van der Waals surface area contributed by atoms with Crippen molar-refractivity contribution in [3.8, 4) is 17.6 Å². The Balaban J connectivity index is 1.74. The van der Waals surface area contributed by atoms with Crippen molar-refractivity contribution in [2.75, 3.05) is 18.9 Å². The highest BCUT2D eigenvalue weighted by Gasteiger charge is 1.97. The number of aromatic amines is 1. The van der Waals surface area contributed by atoms with E-state index in [1.54, 1.807) is 11.8 Å². The highest BCUT2D eigenvalue weighted by molar-refractivity contribution is 7.99. The standard InChI is InChI=1S/C13H14N4OS/c14-7-1-2-11-3-5-12(6-4-11)18-8-9-19-13-15-10-16-17-13/h3-6,10H,7-9,14H2,(H,15,16,17). The largest absolute Gasteiger partial charge is 0.493 e. The van der Waals surface area contributed by atoms with Crippen molar-refractivity contribution >= 4 is 11.8 Å². The molecule has 2 rings (SSSR count). The number of hydrogen-bond donors (Lipinski definition) is 2. The molecule has 0 atom stereocenters. The zero-order valence-corrected chi connectivity index (χ0v) is 11.1. The zero-order chi connectivity index (χ0) is 13.3. The zero-order valence-electron chi connectivity index (χ0n) is 10.3. The Labute approximate surface area is 116 Å². The summed E-state index contributed by atoms with van der Waals surface area (Å²) in [6.45, 7) is 0.982. The Hall–Kier alpha value is -1.97. The molecule has 98 valence electrons. The molecule has 5 nitrogen and oxygen atoms in total. The van der Waals surface area contributed by atoms with Crippen LogP contribution in [-0.2, 0) is 0 Å². The van der Waals surface area contributed by atoms with Crippen LogP contribution in [0.5, 0.6) is 5.75 Å². The van der Waals surface area contributed by atoms with Crippen molar-refractivity contribution in [1.29, 1.82) is 0 Å². The second-order valence-corrected chi connectivity index (χ2v) is 4.60. The van der Waals surface area contributed by atoms with E-state index >= 15 is 0 Å². The number of aromatic nitrogens is 3. The van der Waals surface area contributed by atoms with Crippen LogP contribution < -0.4 is 10.5 Å². The van der Waals surface area contributed by atoms with Crippen LogP contribution in [0.4, 0.5) is 0 Å². The lowest BCUT2D eigenvalue weighted by Gasteiger charge is -2.04. The van der Waals surface area contributed by atoms with Crippen molar-refractivity contribution in [1.82, 2.24) is 15.2 Å². The van der Waals surface area contributed by atoms with Crippen LogP contribution >= 0.6 is 11.8 Å². The molecule has 0 amide bonds. The molecule has 1 aromatic carbocycles. The summed E-state index contributed by atoms with van der Waals surface area (Å²) in [5.41, 5.74) is 6.25. The summed E-state index contributed by atoms with van der Waals surface area (Å²) in [6, 6.07) is 7.64. The third-order valence-corrected chi connectivity index (χ3v) is 3.01. The van der Waals surface area contributed by atoms with Crippen molar-refractivity contribution in [2.45, 2.75) is 5.16 Å². The fraction of sp³-hybridized carbons (Fsp3) is 0.231. The molecule has 0 fully saturated rings. The van der Waals surface area contributed by atoms with Crippen LogP contribution in [-0.4, -0.2) is 34.1 Å². The fourth-order valence-electron chi connectivity index (χ4n) is 1.35. The third kappa shape index (κ3) is 4.66. The molecule has 2 aromatic rings. The average Bonchev–Trinajstić information content (AvgIpc) is 2.96. The SMILES string of the molecule is NCC#Cc1ccc(OCCSc2ncn[nH]2)cc1. The molecule has 0 aliphatic heterocycles. The van der Waals surface area contributed by atoms with E-state index in [0.717, 1.165) is 22.2 Å². The number of thioether (sulfide) groups is 1. The molecule has 0 aliphatic rings. The summed E-state index contributed by atoms with van der Waals surface area (Å²) in [5, 5.41) is 7.36. The molecule has 0 aliphatic carbocycles. The molecule has 0 spiro atoms. The van der Waals surface area contributed by atoms with E-state index < -0.39 is 0 Å². The van der Waals surface area contributed by atoms with Gasteiger partial charge < -0.3 is 10.5 Å². The van der Waals surface area contributed by atoms with Gasteiger partial charge in [-0.25, -0.2) is 4.98 Å². The van der Waals surface area contributed by atoms with Gasteiger partial charge in [-0.3, -0.25) is 5.10 Å². The molecule has 0 saturated carbocycles. The summed E-state index contributed by atoms with van der Waals surface area (Å²) in [7, 11) is 0. The lowest BCUT2D eigenvalue weighted by Crippen LogP contribution is -2.00. The minimum Gasteiger partial charge on any atom is -0.493 e. The summed E-state index contributed by atoms with van der Waals surface area (Å²) in [5.74, 6) is 7.41. The van der Waals surface area contributed by atoms with Gasteiger partial charge in [0.05, 0.1) is 13.2 Å². The topological polar surface area (TPSA) is 76.8 Å². The van der Waals surface area contributed by atoms with Gasteiger partial charge in [0.25, 0.3) is 0 Å². The van der Waals surface area contributed by atoms with Gasteiger partial charge in [-0.05, 0) is 24.3 Å². The Morgan fingerprint density at radius 1 is 1.32 bits per heavy atom. The van der Waals surface area contributed by atoms with Crippen molar-refractivity contribution < 1.29 is 4.74 Å². The van der Waals surface area contributed by atoms with E-state index in [0.29, 0.717) is 13.2 Å². The van der Waals surface area contributed by atoms with E-state index in [9.17, 15) is 0 Å². The molecule has 3 N–H and O–H groups in total. The molecule has 1 heterocycles. The normalized spacial score (nSPS) is 9.74. The van der Waals surface area contributed by atoms with Gasteiger partial charge in [-0.1, -0.05) is 23.6 Å². The Morgan fingerprint density at radius 2 is 2.16 bits per heavy atom. The smallest absolute Gasteiger partial charge is 0.183 e. The van der Waals surface area contributed by atoms with Crippen LogP contribution in [0.1, 0.15) is 5.56 Å². The average molecular weight is 274 g/mol. The van der Waals surface area contributed by atoms with Crippen LogP contribution in [0.15, 0.2) is 35.7 Å². The molecule has 19 heavy (non-hydrogen) atoms. The second-order valence-electron chi connectivity index (χ2n) is 3.52. The highest BCUT2D eigenvalue weighted by atomic mass is 32.2. The number of H-pyrrole nitrogens is 1. The summed E-state index contributed by atoms with van der Waals surface area (Å²) >= 11 is 1.57. The van der Waals surface area contributed by atoms with Gasteiger partial charge in [0.2, 0.25) is 0 Å². The number of nitrogens with zero attached hydrogens (tertiary/aromatic N) is 2. The van der Waals surface area contributed by atoms with Crippen LogP contribution in [0.3, 0.4) is 0 Å². The maximum absolute atomic E-state index is 5.61. The first-order valence-corrected chi connectivity index (χ1v) is 6.77. The first-order valence-electron chi connectivity index (χ1n) is 5.78. The molecule has 1 aromatic heterocycles. The number of benzene rings is 1. The van der Waals surface area contributed by atoms with Gasteiger partial charge in [0, 0.05) is 11.3 Å². The summed E-state index contributed by atoms with van der Waals surface area (Å²) in [6.07, 6.45) is 1.49. The van der Waals surface area contributed by atoms with Gasteiger partial charge in [-0.2, -0.15) is 5.10 Å². The number of nitrogens with one attached hydrogen (secondary N) is 1. The van der Waals surface area contributed by atoms with Crippen molar-refractivity contribution in [3.63, 3.8) is 0 Å². The molecular weight excluding hydrogens is 260 g/mol. The van der Waals surface area contributed by atoms with E-state index in [4.69, 9.17) is 10.5 Å². The van der Waals surface area contributed by atoms with Gasteiger partial charge in [0.1, 0.15) is 12.1 Å². The Morgan fingerprint density at radius 3 is 2.84 bits per heavy atom. The molecule has 0 bridgehead atoms. The number of rotatable bonds is 5. The third-order valence-electron chi connectivity index (χ3n) is 2.17. The molecule has 0 saturated heterocycles. The van der Waals surface area contributed by atoms with Crippen LogP contribution in [0.2, 0.25) is 0 Å². The number of hydrogen-bond acceptors (Lipinski definition) is 5. The molecule has 0 unspecified atom stereocenters. The number of nitrogens with two attached hydrogens (primary N) is 1. The summed E-state index contributed by atoms with van der Waals surface area (Å²) in [4.78, 5) is 4.02. The molecule has 6 heteroatoms. The van der Waals surface area contributed by atoms with Gasteiger partial charge in [0.15, 0.2) is 5.16 Å². The first-order chi connectivity index (χ1) is 9.38. The predicted octanol–water partition coefficient (Wildman–Crippen LogP) is 1.29. The minimum absolute atomic E-state index is 0.372. The number of ether oxygens (including phenoxy) is 1. The lowest BCUT2D eigenvalue weighted by molar-refractivity contribution is 0.344. The van der Waals surface area contributed by atoms with Gasteiger partial charge >= 0.3 is 0 Å². The van der Waals surface area contributed by atoms with Crippen LogP contribution in [0.25, 0.3) is 0 Å².